The lowest BCUT2D eigenvalue weighted by Crippen LogP contribution is -2.49. The van der Waals surface area contributed by atoms with Crippen molar-refractivity contribution < 1.29 is 9.59 Å². The van der Waals surface area contributed by atoms with Crippen molar-refractivity contribution in [2.75, 3.05) is 31.1 Å². The van der Waals surface area contributed by atoms with Gasteiger partial charge in [0.15, 0.2) is 0 Å². The molecule has 3 rings (SSSR count). The molecule has 6 nitrogen and oxygen atoms in total. The fourth-order valence-electron chi connectivity index (χ4n) is 3.09. The maximum Gasteiger partial charge on any atom is 0.232 e. The second-order valence-electron chi connectivity index (χ2n) is 6.43. The van der Waals surface area contributed by atoms with E-state index in [2.05, 4.69) is 15.2 Å². The number of benzene rings is 1. The van der Waals surface area contributed by atoms with Crippen LogP contribution in [0.3, 0.4) is 0 Å². The topological polar surface area (TPSA) is 65.5 Å². The Hall–Kier alpha value is -2.89. The molecule has 1 atom stereocenters. The standard InChI is InChI=1S/C20H24N4O2/c1-16(17-7-3-2-4-8-17)22-19(25)15-20(26)24-13-11-23(12-14-24)18-9-5-6-10-21-18/h2-10,16H,11-15H2,1H3,(H,22,25). The van der Waals surface area contributed by atoms with Crippen LogP contribution < -0.4 is 10.2 Å². The van der Waals surface area contributed by atoms with E-state index in [4.69, 9.17) is 0 Å². The van der Waals surface area contributed by atoms with Gasteiger partial charge in [-0.25, -0.2) is 4.98 Å². The first-order chi connectivity index (χ1) is 12.6. The average Bonchev–Trinajstić information content (AvgIpc) is 2.69. The van der Waals surface area contributed by atoms with E-state index in [0.717, 1.165) is 24.5 Å². The summed E-state index contributed by atoms with van der Waals surface area (Å²) in [5.41, 5.74) is 1.03. The summed E-state index contributed by atoms with van der Waals surface area (Å²) in [6, 6.07) is 15.4. The fourth-order valence-corrected chi connectivity index (χ4v) is 3.09. The number of rotatable bonds is 5. The molecule has 0 spiro atoms. The first-order valence-corrected chi connectivity index (χ1v) is 8.91. The molecule has 0 bridgehead atoms. The third-order valence-electron chi connectivity index (χ3n) is 4.59. The van der Waals surface area contributed by atoms with Crippen LogP contribution in [0.5, 0.6) is 0 Å². The van der Waals surface area contributed by atoms with Crippen molar-refractivity contribution >= 4 is 17.6 Å². The predicted molar refractivity (Wildman–Crippen MR) is 101 cm³/mol. The molecule has 26 heavy (non-hydrogen) atoms. The monoisotopic (exact) mass is 352 g/mol. The molecule has 0 saturated carbocycles. The zero-order valence-corrected chi connectivity index (χ0v) is 15.0. The third-order valence-corrected chi connectivity index (χ3v) is 4.59. The summed E-state index contributed by atoms with van der Waals surface area (Å²) in [5.74, 6) is 0.566. The van der Waals surface area contributed by atoms with E-state index in [0.29, 0.717) is 13.1 Å². The first kappa shape index (κ1) is 17.9. The lowest BCUT2D eigenvalue weighted by Gasteiger charge is -2.35. The van der Waals surface area contributed by atoms with Gasteiger partial charge in [0.1, 0.15) is 12.2 Å². The highest BCUT2D eigenvalue weighted by atomic mass is 16.2. The van der Waals surface area contributed by atoms with E-state index in [1.54, 1.807) is 11.1 Å². The van der Waals surface area contributed by atoms with Gasteiger partial charge in [0.25, 0.3) is 0 Å². The van der Waals surface area contributed by atoms with Crippen LogP contribution in [-0.2, 0) is 9.59 Å². The minimum atomic E-state index is -0.237. The zero-order valence-electron chi connectivity index (χ0n) is 15.0. The molecule has 136 valence electrons. The summed E-state index contributed by atoms with van der Waals surface area (Å²) < 4.78 is 0. The molecule has 2 aromatic rings. The summed E-state index contributed by atoms with van der Waals surface area (Å²) in [5, 5.41) is 2.89. The number of aromatic nitrogens is 1. The van der Waals surface area contributed by atoms with Gasteiger partial charge < -0.3 is 15.1 Å². The number of pyridine rings is 1. The quantitative estimate of drug-likeness (QED) is 0.836. The molecule has 1 aliphatic heterocycles. The Bertz CT molecular complexity index is 728. The molecule has 1 unspecified atom stereocenters. The van der Waals surface area contributed by atoms with E-state index >= 15 is 0 Å². The van der Waals surface area contributed by atoms with Crippen LogP contribution >= 0.6 is 0 Å². The van der Waals surface area contributed by atoms with Crippen molar-refractivity contribution in [3.8, 4) is 0 Å². The number of carbonyl (C=O) groups excluding carboxylic acids is 2. The molecular formula is C20H24N4O2. The predicted octanol–water partition coefficient (Wildman–Crippen LogP) is 2.00. The number of amides is 2. The second kappa shape index (κ2) is 8.47. The van der Waals surface area contributed by atoms with Crippen LogP contribution in [0.25, 0.3) is 0 Å². The molecule has 1 aliphatic rings. The minimum absolute atomic E-state index is 0.110. The fraction of sp³-hybridized carbons (Fsp3) is 0.350. The highest BCUT2D eigenvalue weighted by Gasteiger charge is 2.23. The van der Waals surface area contributed by atoms with Gasteiger partial charge in [-0.3, -0.25) is 9.59 Å². The van der Waals surface area contributed by atoms with Crippen LogP contribution in [0.4, 0.5) is 5.82 Å². The molecule has 1 fully saturated rings. The van der Waals surface area contributed by atoms with Crippen molar-refractivity contribution in [1.29, 1.82) is 0 Å². The van der Waals surface area contributed by atoms with Gasteiger partial charge in [0.2, 0.25) is 11.8 Å². The smallest absolute Gasteiger partial charge is 0.232 e. The zero-order chi connectivity index (χ0) is 18.4. The molecule has 2 heterocycles. The molecule has 0 radical (unpaired) electrons. The number of hydrogen-bond acceptors (Lipinski definition) is 4. The molecule has 1 saturated heterocycles. The highest BCUT2D eigenvalue weighted by Crippen LogP contribution is 2.14. The number of hydrogen-bond donors (Lipinski definition) is 1. The van der Waals surface area contributed by atoms with Crippen molar-refractivity contribution in [3.63, 3.8) is 0 Å². The normalized spacial score (nSPS) is 15.4. The van der Waals surface area contributed by atoms with Gasteiger partial charge in [-0.1, -0.05) is 36.4 Å². The lowest BCUT2D eigenvalue weighted by molar-refractivity contribution is -0.136. The third kappa shape index (κ3) is 4.59. The second-order valence-corrected chi connectivity index (χ2v) is 6.43. The number of nitrogens with zero attached hydrogens (tertiary/aromatic N) is 3. The van der Waals surface area contributed by atoms with Gasteiger partial charge in [0.05, 0.1) is 6.04 Å². The van der Waals surface area contributed by atoms with Crippen molar-refractivity contribution in [2.24, 2.45) is 0 Å². The highest BCUT2D eigenvalue weighted by molar-refractivity contribution is 5.97. The van der Waals surface area contributed by atoms with E-state index in [9.17, 15) is 9.59 Å². The van der Waals surface area contributed by atoms with Crippen LogP contribution in [0.15, 0.2) is 54.7 Å². The van der Waals surface area contributed by atoms with Crippen LogP contribution in [0.1, 0.15) is 24.9 Å². The minimum Gasteiger partial charge on any atom is -0.353 e. The van der Waals surface area contributed by atoms with Crippen LogP contribution in [0, 0.1) is 0 Å². The van der Waals surface area contributed by atoms with E-state index in [-0.39, 0.29) is 24.3 Å². The Labute approximate surface area is 153 Å². The number of carbonyl (C=O) groups is 2. The Balaban J connectivity index is 1.46. The lowest BCUT2D eigenvalue weighted by atomic mass is 10.1. The van der Waals surface area contributed by atoms with Crippen molar-refractivity contribution in [2.45, 2.75) is 19.4 Å². The Morgan fingerprint density at radius 3 is 2.38 bits per heavy atom. The van der Waals surface area contributed by atoms with Crippen molar-refractivity contribution in [3.05, 3.63) is 60.3 Å². The van der Waals surface area contributed by atoms with Gasteiger partial charge in [0, 0.05) is 32.4 Å². The van der Waals surface area contributed by atoms with Crippen LogP contribution in [0.2, 0.25) is 0 Å². The van der Waals surface area contributed by atoms with Gasteiger partial charge in [-0.2, -0.15) is 0 Å². The maximum atomic E-state index is 12.4. The molecule has 1 aromatic heterocycles. The Morgan fingerprint density at radius 1 is 1.04 bits per heavy atom. The first-order valence-electron chi connectivity index (χ1n) is 8.91. The number of piperazine rings is 1. The molecule has 1 aromatic carbocycles. The molecule has 6 heteroatoms. The van der Waals surface area contributed by atoms with E-state index in [1.807, 2.05) is 55.5 Å². The largest absolute Gasteiger partial charge is 0.353 e. The van der Waals surface area contributed by atoms with Gasteiger partial charge >= 0.3 is 0 Å². The summed E-state index contributed by atoms with van der Waals surface area (Å²) in [6.07, 6.45) is 1.66. The summed E-state index contributed by atoms with van der Waals surface area (Å²) >= 11 is 0. The SMILES string of the molecule is CC(NC(=O)CC(=O)N1CCN(c2ccccn2)CC1)c1ccccc1. The summed E-state index contributed by atoms with van der Waals surface area (Å²) in [7, 11) is 0. The van der Waals surface area contributed by atoms with Gasteiger partial charge in [-0.05, 0) is 24.6 Å². The van der Waals surface area contributed by atoms with E-state index < -0.39 is 0 Å². The molecule has 0 aliphatic carbocycles. The van der Waals surface area contributed by atoms with Gasteiger partial charge in [-0.15, -0.1) is 0 Å². The van der Waals surface area contributed by atoms with Crippen LogP contribution in [-0.4, -0.2) is 47.9 Å². The Morgan fingerprint density at radius 2 is 1.73 bits per heavy atom. The summed E-state index contributed by atoms with van der Waals surface area (Å²) in [4.78, 5) is 32.8. The number of nitrogens with one attached hydrogen (secondary N) is 1. The average molecular weight is 352 g/mol. The Kier molecular flexibility index (Phi) is 5.84. The molecular weight excluding hydrogens is 328 g/mol. The molecule has 1 N–H and O–H groups in total. The maximum absolute atomic E-state index is 12.4. The van der Waals surface area contributed by atoms with E-state index in [1.165, 1.54) is 0 Å². The molecule has 2 amide bonds. The summed E-state index contributed by atoms with van der Waals surface area (Å²) in [6.45, 7) is 4.59. The van der Waals surface area contributed by atoms with Crippen molar-refractivity contribution in [1.82, 2.24) is 15.2 Å². The number of anilines is 1.